The SMILES string of the molecule is CC(=O)NC[C@H]1CN(c2ccc(-n3nnc(/C=C/c4ccccc4)n3)c(F)c2)C(=O)O1. The van der Waals surface area contributed by atoms with Crippen LogP contribution in [0, 0.1) is 5.82 Å². The molecule has 9 nitrogen and oxygen atoms in total. The molecule has 0 bridgehead atoms. The smallest absolute Gasteiger partial charge is 0.414 e. The van der Waals surface area contributed by atoms with Gasteiger partial charge in [0.25, 0.3) is 0 Å². The molecular weight excluding hydrogens is 403 g/mol. The van der Waals surface area contributed by atoms with Gasteiger partial charge in [0.05, 0.1) is 18.8 Å². The highest BCUT2D eigenvalue weighted by atomic mass is 19.1. The number of tetrazole rings is 1. The average molecular weight is 422 g/mol. The van der Waals surface area contributed by atoms with E-state index in [0.717, 1.165) is 10.4 Å². The van der Waals surface area contributed by atoms with E-state index in [1.165, 1.54) is 24.0 Å². The summed E-state index contributed by atoms with van der Waals surface area (Å²) < 4.78 is 19.9. The molecular formula is C21H19FN6O3. The summed E-state index contributed by atoms with van der Waals surface area (Å²) in [5.41, 5.74) is 1.41. The zero-order chi connectivity index (χ0) is 21.8. The fourth-order valence-corrected chi connectivity index (χ4v) is 3.05. The molecule has 0 radical (unpaired) electrons. The lowest BCUT2D eigenvalue weighted by Crippen LogP contribution is -2.33. The number of nitrogens with one attached hydrogen (secondary N) is 1. The molecule has 0 saturated carbocycles. The second-order valence-electron chi connectivity index (χ2n) is 6.87. The standard InChI is InChI=1S/C21H19FN6O3/c1-14(29)23-12-17-13-27(21(30)31-17)16-8-9-19(18(22)11-16)28-25-20(24-26-28)10-7-15-5-3-2-4-6-15/h2-11,17H,12-13H2,1H3,(H,23,29)/b10-7+/t17-/m0/s1. The van der Waals surface area contributed by atoms with Crippen LogP contribution in [0.15, 0.2) is 48.5 Å². The predicted octanol–water partition coefficient (Wildman–Crippen LogP) is 2.43. The van der Waals surface area contributed by atoms with Crippen molar-refractivity contribution in [1.29, 1.82) is 0 Å². The number of hydrogen-bond donors (Lipinski definition) is 1. The van der Waals surface area contributed by atoms with Crippen LogP contribution in [0.2, 0.25) is 0 Å². The van der Waals surface area contributed by atoms with Crippen molar-refractivity contribution in [2.24, 2.45) is 0 Å². The minimum atomic E-state index is -0.619. The van der Waals surface area contributed by atoms with Crippen LogP contribution in [0.5, 0.6) is 0 Å². The molecule has 1 fully saturated rings. The lowest BCUT2D eigenvalue weighted by Gasteiger charge is -2.14. The van der Waals surface area contributed by atoms with E-state index in [-0.39, 0.29) is 24.7 Å². The first-order valence-electron chi connectivity index (χ1n) is 9.55. The second-order valence-corrected chi connectivity index (χ2v) is 6.87. The molecule has 158 valence electrons. The lowest BCUT2D eigenvalue weighted by molar-refractivity contribution is -0.119. The molecule has 0 aliphatic carbocycles. The van der Waals surface area contributed by atoms with Gasteiger partial charge in [-0.05, 0) is 29.0 Å². The summed E-state index contributed by atoms with van der Waals surface area (Å²) in [6, 6.07) is 13.9. The van der Waals surface area contributed by atoms with E-state index < -0.39 is 18.0 Å². The third-order valence-corrected chi connectivity index (χ3v) is 4.56. The Morgan fingerprint density at radius 2 is 2.06 bits per heavy atom. The van der Waals surface area contributed by atoms with E-state index in [2.05, 4.69) is 20.7 Å². The molecule has 1 aromatic heterocycles. The Morgan fingerprint density at radius 3 is 2.81 bits per heavy atom. The first kappa shape index (κ1) is 20.2. The molecule has 2 heterocycles. The van der Waals surface area contributed by atoms with Gasteiger partial charge in [-0.25, -0.2) is 9.18 Å². The number of ether oxygens (including phenoxy) is 1. The van der Waals surface area contributed by atoms with Crippen LogP contribution < -0.4 is 10.2 Å². The van der Waals surface area contributed by atoms with Gasteiger partial charge in [0.1, 0.15) is 11.8 Å². The van der Waals surface area contributed by atoms with Gasteiger partial charge in [0.15, 0.2) is 11.6 Å². The molecule has 1 saturated heterocycles. The summed E-state index contributed by atoms with van der Waals surface area (Å²) in [6.45, 7) is 1.78. The molecule has 3 aromatic rings. The Labute approximate surface area is 177 Å². The number of rotatable bonds is 6. The molecule has 1 aliphatic rings. The Balaban J connectivity index is 1.47. The number of benzene rings is 2. The molecule has 0 unspecified atom stereocenters. The first-order chi connectivity index (χ1) is 15.0. The number of halogens is 1. The highest BCUT2D eigenvalue weighted by Crippen LogP contribution is 2.25. The maximum atomic E-state index is 14.7. The fourth-order valence-electron chi connectivity index (χ4n) is 3.05. The minimum absolute atomic E-state index is 0.0953. The number of amides is 2. The summed E-state index contributed by atoms with van der Waals surface area (Å²) in [7, 11) is 0. The Kier molecular flexibility index (Phi) is 5.69. The first-order valence-corrected chi connectivity index (χ1v) is 9.55. The Bertz CT molecular complexity index is 1130. The minimum Gasteiger partial charge on any atom is -0.442 e. The van der Waals surface area contributed by atoms with Crippen LogP contribution in [-0.4, -0.2) is 51.4 Å². The third kappa shape index (κ3) is 4.74. The normalized spacial score (nSPS) is 16.0. The summed E-state index contributed by atoms with van der Waals surface area (Å²) in [5.74, 6) is -0.508. The highest BCUT2D eigenvalue weighted by Gasteiger charge is 2.32. The quantitative estimate of drug-likeness (QED) is 0.655. The zero-order valence-electron chi connectivity index (χ0n) is 16.6. The molecule has 1 N–H and O–H groups in total. The van der Waals surface area contributed by atoms with E-state index in [0.29, 0.717) is 11.5 Å². The van der Waals surface area contributed by atoms with Crippen LogP contribution in [-0.2, 0) is 9.53 Å². The predicted molar refractivity (Wildman–Crippen MR) is 111 cm³/mol. The zero-order valence-corrected chi connectivity index (χ0v) is 16.6. The van der Waals surface area contributed by atoms with Gasteiger partial charge in [0, 0.05) is 13.0 Å². The van der Waals surface area contributed by atoms with Crippen LogP contribution in [0.3, 0.4) is 0 Å². The Hall–Kier alpha value is -4.08. The number of carbonyl (C=O) groups is 2. The van der Waals surface area contributed by atoms with Crippen LogP contribution in [0.25, 0.3) is 17.8 Å². The van der Waals surface area contributed by atoms with Crippen molar-refractivity contribution >= 4 is 29.8 Å². The number of cyclic esters (lactones) is 1. The average Bonchev–Trinajstić information content (AvgIpc) is 3.38. The largest absolute Gasteiger partial charge is 0.442 e. The van der Waals surface area contributed by atoms with Crippen molar-refractivity contribution < 1.29 is 18.7 Å². The van der Waals surface area contributed by atoms with Crippen molar-refractivity contribution in [1.82, 2.24) is 25.5 Å². The van der Waals surface area contributed by atoms with Crippen LogP contribution in [0.4, 0.5) is 14.9 Å². The van der Waals surface area contributed by atoms with Gasteiger partial charge < -0.3 is 10.1 Å². The maximum absolute atomic E-state index is 14.7. The molecule has 2 aromatic carbocycles. The molecule has 1 aliphatic heterocycles. The van der Waals surface area contributed by atoms with E-state index in [1.54, 1.807) is 12.1 Å². The molecule has 4 rings (SSSR count). The molecule has 2 amide bonds. The summed E-state index contributed by atoms with van der Waals surface area (Å²) in [5, 5.41) is 14.6. The molecule has 10 heteroatoms. The van der Waals surface area contributed by atoms with Gasteiger partial charge in [-0.1, -0.05) is 36.4 Å². The van der Waals surface area contributed by atoms with E-state index >= 15 is 0 Å². The number of hydrogen-bond acceptors (Lipinski definition) is 6. The van der Waals surface area contributed by atoms with E-state index in [9.17, 15) is 14.0 Å². The molecule has 31 heavy (non-hydrogen) atoms. The van der Waals surface area contributed by atoms with Crippen molar-refractivity contribution in [3.05, 3.63) is 65.7 Å². The van der Waals surface area contributed by atoms with Crippen molar-refractivity contribution in [3.63, 3.8) is 0 Å². The summed E-state index contributed by atoms with van der Waals surface area (Å²) in [4.78, 5) is 25.5. The van der Waals surface area contributed by atoms with Gasteiger partial charge in [0.2, 0.25) is 5.91 Å². The monoisotopic (exact) mass is 422 g/mol. The topological polar surface area (TPSA) is 102 Å². The van der Waals surface area contributed by atoms with Crippen LogP contribution >= 0.6 is 0 Å². The molecule has 1 atom stereocenters. The summed E-state index contributed by atoms with van der Waals surface area (Å²) >= 11 is 0. The van der Waals surface area contributed by atoms with Gasteiger partial charge in [-0.2, -0.15) is 0 Å². The van der Waals surface area contributed by atoms with Gasteiger partial charge in [-0.3, -0.25) is 9.69 Å². The number of anilines is 1. The maximum Gasteiger partial charge on any atom is 0.414 e. The Morgan fingerprint density at radius 1 is 1.26 bits per heavy atom. The van der Waals surface area contributed by atoms with Gasteiger partial charge >= 0.3 is 6.09 Å². The second kappa shape index (κ2) is 8.74. The third-order valence-electron chi connectivity index (χ3n) is 4.56. The summed E-state index contributed by atoms with van der Waals surface area (Å²) in [6.07, 6.45) is 2.40. The van der Waals surface area contributed by atoms with Crippen molar-refractivity contribution in [2.75, 3.05) is 18.0 Å². The fraction of sp³-hybridized carbons (Fsp3) is 0.190. The van der Waals surface area contributed by atoms with E-state index in [4.69, 9.17) is 4.74 Å². The number of aromatic nitrogens is 4. The lowest BCUT2D eigenvalue weighted by atomic mass is 10.2. The highest BCUT2D eigenvalue weighted by molar-refractivity contribution is 5.90. The number of nitrogens with zero attached hydrogens (tertiary/aromatic N) is 5. The number of carbonyl (C=O) groups excluding carboxylic acids is 2. The van der Waals surface area contributed by atoms with E-state index in [1.807, 2.05) is 36.4 Å². The van der Waals surface area contributed by atoms with Crippen molar-refractivity contribution in [3.8, 4) is 5.69 Å². The van der Waals surface area contributed by atoms with Crippen LogP contribution in [0.1, 0.15) is 18.3 Å². The van der Waals surface area contributed by atoms with Gasteiger partial charge in [-0.15, -0.1) is 15.0 Å². The molecule has 0 spiro atoms. The van der Waals surface area contributed by atoms with Crippen molar-refractivity contribution in [2.45, 2.75) is 13.0 Å².